The number of hydrogen-bond donors (Lipinski definition) is 1. The third-order valence-electron chi connectivity index (χ3n) is 3.26. The van der Waals surface area contributed by atoms with Gasteiger partial charge in [-0.25, -0.2) is 0 Å². The number of fused-ring (bicyclic) bond motifs is 1. The Kier molecular flexibility index (Phi) is 4.57. The van der Waals surface area contributed by atoms with Crippen molar-refractivity contribution in [3.63, 3.8) is 0 Å². The van der Waals surface area contributed by atoms with Crippen LogP contribution in [0.15, 0.2) is 29.7 Å². The highest BCUT2D eigenvalue weighted by atomic mass is 35.5. The molecule has 0 unspecified atom stereocenters. The van der Waals surface area contributed by atoms with E-state index in [9.17, 15) is 0 Å². The molecule has 8 heteroatoms. The zero-order chi connectivity index (χ0) is 16.2. The highest BCUT2D eigenvalue weighted by Gasteiger charge is 2.15. The summed E-state index contributed by atoms with van der Waals surface area (Å²) in [5.74, 6) is 1.46. The zero-order valence-corrected chi connectivity index (χ0v) is 13.4. The first-order chi connectivity index (χ1) is 11.1. The standard InChI is InChI=1S/C15H17ClN4O3/c1-20-8-11(7-18-20)15(17)19-23-9-10-5-12(16)14-13(6-10)21-3-2-4-22-14/h5-8H,2-4,9H2,1H3,(H2,17,19). The van der Waals surface area contributed by atoms with Crippen molar-refractivity contribution in [2.45, 2.75) is 13.0 Å². The van der Waals surface area contributed by atoms with Crippen LogP contribution < -0.4 is 15.2 Å². The van der Waals surface area contributed by atoms with Crippen molar-refractivity contribution in [3.8, 4) is 11.5 Å². The monoisotopic (exact) mass is 336 g/mol. The topological polar surface area (TPSA) is 83.9 Å². The lowest BCUT2D eigenvalue weighted by Gasteiger charge is -2.11. The molecule has 0 atom stereocenters. The van der Waals surface area contributed by atoms with Gasteiger partial charge in [-0.05, 0) is 17.7 Å². The summed E-state index contributed by atoms with van der Waals surface area (Å²) in [6, 6.07) is 3.60. The van der Waals surface area contributed by atoms with E-state index < -0.39 is 0 Å². The van der Waals surface area contributed by atoms with Crippen LogP contribution in [0.3, 0.4) is 0 Å². The van der Waals surface area contributed by atoms with Gasteiger partial charge in [-0.1, -0.05) is 16.8 Å². The van der Waals surface area contributed by atoms with Crippen molar-refractivity contribution in [2.24, 2.45) is 17.9 Å². The lowest BCUT2D eigenvalue weighted by Crippen LogP contribution is -2.13. The van der Waals surface area contributed by atoms with Gasteiger partial charge in [-0.15, -0.1) is 0 Å². The van der Waals surface area contributed by atoms with E-state index in [2.05, 4.69) is 10.3 Å². The minimum atomic E-state index is 0.220. The quantitative estimate of drug-likeness (QED) is 0.525. The van der Waals surface area contributed by atoms with Crippen molar-refractivity contribution >= 4 is 17.4 Å². The normalized spacial score (nSPS) is 14.4. The summed E-state index contributed by atoms with van der Waals surface area (Å²) in [6.07, 6.45) is 4.20. The van der Waals surface area contributed by atoms with Crippen LogP contribution >= 0.6 is 11.6 Å². The van der Waals surface area contributed by atoms with Gasteiger partial charge in [-0.2, -0.15) is 5.10 Å². The second kappa shape index (κ2) is 6.78. The Bertz CT molecular complexity index is 730. The van der Waals surface area contributed by atoms with Gasteiger partial charge in [0.15, 0.2) is 17.3 Å². The molecule has 0 amide bonds. The number of hydrogen-bond acceptors (Lipinski definition) is 5. The molecule has 0 fully saturated rings. The summed E-state index contributed by atoms with van der Waals surface area (Å²) < 4.78 is 12.9. The van der Waals surface area contributed by atoms with Gasteiger partial charge in [0.25, 0.3) is 0 Å². The van der Waals surface area contributed by atoms with Crippen molar-refractivity contribution in [3.05, 3.63) is 40.7 Å². The summed E-state index contributed by atoms with van der Waals surface area (Å²) >= 11 is 6.23. The number of benzene rings is 1. The lowest BCUT2D eigenvalue weighted by molar-refractivity contribution is 0.130. The average molecular weight is 337 g/mol. The van der Waals surface area contributed by atoms with E-state index in [1.165, 1.54) is 0 Å². The van der Waals surface area contributed by atoms with E-state index >= 15 is 0 Å². The third kappa shape index (κ3) is 3.68. The van der Waals surface area contributed by atoms with Gasteiger partial charge in [-0.3, -0.25) is 4.68 Å². The summed E-state index contributed by atoms with van der Waals surface area (Å²) in [7, 11) is 1.80. The Morgan fingerprint density at radius 3 is 3.04 bits per heavy atom. The maximum atomic E-state index is 6.23. The Morgan fingerprint density at radius 2 is 2.26 bits per heavy atom. The van der Waals surface area contributed by atoms with Crippen LogP contribution in [0.1, 0.15) is 17.5 Å². The molecule has 0 radical (unpaired) electrons. The van der Waals surface area contributed by atoms with Crippen LogP contribution in [0.5, 0.6) is 11.5 Å². The molecule has 2 aromatic rings. The van der Waals surface area contributed by atoms with Crippen molar-refractivity contribution in [1.29, 1.82) is 0 Å². The largest absolute Gasteiger partial charge is 0.489 e. The van der Waals surface area contributed by atoms with Gasteiger partial charge in [0.2, 0.25) is 0 Å². The predicted molar refractivity (Wildman–Crippen MR) is 85.8 cm³/mol. The fourth-order valence-corrected chi connectivity index (χ4v) is 2.44. The molecule has 1 aliphatic heterocycles. The molecule has 0 aliphatic carbocycles. The summed E-state index contributed by atoms with van der Waals surface area (Å²) in [5.41, 5.74) is 7.35. The summed E-state index contributed by atoms with van der Waals surface area (Å²) in [6.45, 7) is 1.41. The fourth-order valence-electron chi connectivity index (χ4n) is 2.15. The maximum absolute atomic E-state index is 6.23. The van der Waals surface area contributed by atoms with Gasteiger partial charge < -0.3 is 20.0 Å². The number of halogens is 1. The van der Waals surface area contributed by atoms with Gasteiger partial charge in [0.1, 0.15) is 6.61 Å². The van der Waals surface area contributed by atoms with Crippen LogP contribution in [0, 0.1) is 0 Å². The second-order valence-corrected chi connectivity index (χ2v) is 5.52. The number of aromatic nitrogens is 2. The molecule has 0 bridgehead atoms. The molecular weight excluding hydrogens is 320 g/mol. The Labute approximate surface area is 138 Å². The summed E-state index contributed by atoms with van der Waals surface area (Å²) in [4.78, 5) is 5.29. The summed E-state index contributed by atoms with van der Waals surface area (Å²) in [5, 5.41) is 8.41. The van der Waals surface area contributed by atoms with Gasteiger partial charge in [0.05, 0.1) is 30.0 Å². The van der Waals surface area contributed by atoms with Gasteiger partial charge in [0, 0.05) is 19.7 Å². The number of oxime groups is 1. The Balaban J connectivity index is 1.69. The minimum absolute atomic E-state index is 0.220. The first kappa shape index (κ1) is 15.5. The number of amidine groups is 1. The van der Waals surface area contributed by atoms with Crippen molar-refractivity contribution in [2.75, 3.05) is 13.2 Å². The number of aryl methyl sites for hydroxylation is 1. The molecule has 1 aliphatic rings. The minimum Gasteiger partial charge on any atom is -0.489 e. The molecule has 23 heavy (non-hydrogen) atoms. The number of ether oxygens (including phenoxy) is 2. The molecule has 1 aromatic heterocycles. The highest BCUT2D eigenvalue weighted by Crippen LogP contribution is 2.38. The third-order valence-corrected chi connectivity index (χ3v) is 3.54. The van der Waals surface area contributed by atoms with Crippen LogP contribution in [-0.4, -0.2) is 28.8 Å². The number of nitrogens with two attached hydrogens (primary N) is 1. The van der Waals surface area contributed by atoms with E-state index in [1.807, 2.05) is 6.07 Å². The van der Waals surface area contributed by atoms with Crippen LogP contribution in [0.4, 0.5) is 0 Å². The first-order valence-electron chi connectivity index (χ1n) is 7.16. The van der Waals surface area contributed by atoms with E-state index in [1.54, 1.807) is 30.2 Å². The van der Waals surface area contributed by atoms with E-state index in [4.69, 9.17) is 31.6 Å². The molecule has 7 nitrogen and oxygen atoms in total. The molecule has 2 heterocycles. The van der Waals surface area contributed by atoms with Crippen LogP contribution in [0.25, 0.3) is 0 Å². The average Bonchev–Trinajstić information content (AvgIpc) is 2.81. The predicted octanol–water partition coefficient (Wildman–Crippen LogP) is 2.07. The van der Waals surface area contributed by atoms with Gasteiger partial charge >= 0.3 is 0 Å². The fraction of sp³-hybridized carbons (Fsp3) is 0.333. The van der Waals surface area contributed by atoms with E-state index in [0.29, 0.717) is 35.3 Å². The zero-order valence-electron chi connectivity index (χ0n) is 12.7. The second-order valence-electron chi connectivity index (χ2n) is 5.11. The van der Waals surface area contributed by atoms with E-state index in [-0.39, 0.29) is 12.4 Å². The molecule has 122 valence electrons. The molecule has 0 saturated carbocycles. The first-order valence-corrected chi connectivity index (χ1v) is 7.54. The molecule has 0 spiro atoms. The highest BCUT2D eigenvalue weighted by molar-refractivity contribution is 6.32. The maximum Gasteiger partial charge on any atom is 0.179 e. The number of rotatable bonds is 4. The lowest BCUT2D eigenvalue weighted by atomic mass is 10.2. The Morgan fingerprint density at radius 1 is 1.43 bits per heavy atom. The van der Waals surface area contributed by atoms with Crippen molar-refractivity contribution < 1.29 is 14.3 Å². The molecule has 0 saturated heterocycles. The van der Waals surface area contributed by atoms with Crippen molar-refractivity contribution in [1.82, 2.24) is 9.78 Å². The molecule has 1 aromatic carbocycles. The molecular formula is C15H17ClN4O3. The molecule has 2 N–H and O–H groups in total. The van der Waals surface area contributed by atoms with Crippen LogP contribution in [-0.2, 0) is 18.5 Å². The Hall–Kier alpha value is -2.41. The molecule has 3 rings (SSSR count). The number of nitrogens with zero attached hydrogens (tertiary/aromatic N) is 3. The van der Waals surface area contributed by atoms with Crippen LogP contribution in [0.2, 0.25) is 5.02 Å². The SMILES string of the molecule is Cn1cc(/C(N)=N/OCc2cc(Cl)c3c(c2)OCCCO3)cn1. The van der Waals surface area contributed by atoms with E-state index in [0.717, 1.165) is 12.0 Å². The smallest absolute Gasteiger partial charge is 0.179 e.